The van der Waals surface area contributed by atoms with E-state index < -0.39 is 14.5 Å². The number of anilines is 1. The Hall–Kier alpha value is -1.40. The fourth-order valence-corrected chi connectivity index (χ4v) is 3.18. The van der Waals surface area contributed by atoms with Crippen LogP contribution in [0.15, 0.2) is 23.1 Å². The van der Waals surface area contributed by atoms with Gasteiger partial charge in [0, 0.05) is 22.8 Å². The van der Waals surface area contributed by atoms with E-state index in [9.17, 15) is 18.0 Å². The second kappa shape index (κ2) is 5.10. The molecule has 0 radical (unpaired) electrons. The molecule has 0 N–H and O–H groups in total. The van der Waals surface area contributed by atoms with Crippen molar-refractivity contribution in [3.63, 3.8) is 0 Å². The van der Waals surface area contributed by atoms with Crippen molar-refractivity contribution in [2.75, 3.05) is 11.4 Å². The normalized spacial score (nSPS) is 17.8. The molecule has 0 unspecified atom stereocenters. The quantitative estimate of drug-likeness (QED) is 0.631. The summed E-state index contributed by atoms with van der Waals surface area (Å²) in [5, 5.41) is 0. The van der Waals surface area contributed by atoms with Crippen molar-refractivity contribution in [1.29, 1.82) is 0 Å². The van der Waals surface area contributed by atoms with Gasteiger partial charge in [-0.15, -0.1) is 0 Å². The van der Waals surface area contributed by atoms with Gasteiger partial charge in [-0.05, 0) is 38.5 Å². The van der Waals surface area contributed by atoms with Gasteiger partial charge in [0.05, 0.1) is 10.6 Å². The third kappa shape index (κ3) is 2.58. The van der Waals surface area contributed by atoms with E-state index in [1.165, 1.54) is 23.1 Å². The molecule has 0 aromatic heterocycles. The van der Waals surface area contributed by atoms with Crippen LogP contribution in [0.2, 0.25) is 0 Å². The molecule has 1 aliphatic rings. The molecular weight excluding hydrogens is 314 g/mol. The van der Waals surface area contributed by atoms with Gasteiger partial charge in [0.1, 0.15) is 5.41 Å². The number of ketones is 1. The van der Waals surface area contributed by atoms with Crippen LogP contribution < -0.4 is 4.90 Å². The zero-order chi connectivity index (χ0) is 16.0. The van der Waals surface area contributed by atoms with E-state index in [0.717, 1.165) is 0 Å². The number of rotatable bonds is 3. The van der Waals surface area contributed by atoms with Gasteiger partial charge in [-0.25, -0.2) is 8.42 Å². The van der Waals surface area contributed by atoms with Crippen molar-refractivity contribution in [3.05, 3.63) is 23.8 Å². The number of carbonyl (C=O) groups is 2. The molecule has 1 aromatic rings. The SMILES string of the molecule is CCCN1C(=O)C(C)(C)C(=O)c2ccc(S(=O)(=O)Cl)cc21. The van der Waals surface area contributed by atoms with Crippen molar-refractivity contribution in [3.8, 4) is 0 Å². The first kappa shape index (κ1) is 16.0. The smallest absolute Gasteiger partial charge is 0.261 e. The minimum absolute atomic E-state index is 0.121. The number of fused-ring (bicyclic) bond motifs is 1. The maximum Gasteiger partial charge on any atom is 0.261 e. The Morgan fingerprint density at radius 2 is 1.86 bits per heavy atom. The molecule has 1 aromatic carbocycles. The second-order valence-corrected chi connectivity index (χ2v) is 8.09. The Morgan fingerprint density at radius 1 is 1.24 bits per heavy atom. The number of hydrogen-bond acceptors (Lipinski definition) is 4. The highest BCUT2D eigenvalue weighted by Crippen LogP contribution is 2.38. The molecule has 7 heteroatoms. The standard InChI is InChI=1S/C14H16ClNO4S/c1-4-7-16-11-8-9(21(15,19)20)5-6-10(11)12(17)14(2,3)13(16)18/h5-6,8H,4,7H2,1-3H3. The highest BCUT2D eigenvalue weighted by molar-refractivity contribution is 8.13. The van der Waals surface area contributed by atoms with Crippen LogP contribution in [0, 0.1) is 5.41 Å². The maximum atomic E-state index is 12.5. The van der Waals surface area contributed by atoms with Crippen LogP contribution in [0.4, 0.5) is 5.69 Å². The molecule has 0 spiro atoms. The highest BCUT2D eigenvalue weighted by Gasteiger charge is 2.45. The molecule has 5 nitrogen and oxygen atoms in total. The van der Waals surface area contributed by atoms with Crippen molar-refractivity contribution >= 4 is 37.1 Å². The summed E-state index contributed by atoms with van der Waals surface area (Å²) in [6.45, 7) is 5.47. The third-order valence-electron chi connectivity index (χ3n) is 3.58. The van der Waals surface area contributed by atoms with E-state index in [2.05, 4.69) is 0 Å². The molecule has 0 saturated heterocycles. The van der Waals surface area contributed by atoms with Gasteiger partial charge in [-0.3, -0.25) is 9.59 Å². The summed E-state index contributed by atoms with van der Waals surface area (Å²) < 4.78 is 22.9. The van der Waals surface area contributed by atoms with E-state index in [0.29, 0.717) is 24.2 Å². The van der Waals surface area contributed by atoms with E-state index in [4.69, 9.17) is 10.7 Å². The molecule has 1 amide bonds. The van der Waals surface area contributed by atoms with Crippen LogP contribution in [-0.2, 0) is 13.8 Å². The molecule has 2 rings (SSSR count). The van der Waals surface area contributed by atoms with Crippen LogP contribution >= 0.6 is 10.7 Å². The average molecular weight is 330 g/mol. The fraction of sp³-hybridized carbons (Fsp3) is 0.429. The molecule has 114 valence electrons. The number of amides is 1. The lowest BCUT2D eigenvalue weighted by Crippen LogP contribution is -2.50. The van der Waals surface area contributed by atoms with Crippen LogP contribution in [0.5, 0.6) is 0 Å². The van der Waals surface area contributed by atoms with Crippen molar-refractivity contribution in [2.45, 2.75) is 32.1 Å². The Balaban J connectivity index is 2.71. The van der Waals surface area contributed by atoms with Gasteiger partial charge in [-0.1, -0.05) is 6.92 Å². The third-order valence-corrected chi connectivity index (χ3v) is 4.93. The fourth-order valence-electron chi connectivity index (χ4n) is 2.40. The van der Waals surface area contributed by atoms with E-state index in [1.54, 1.807) is 13.8 Å². The van der Waals surface area contributed by atoms with Gasteiger partial charge < -0.3 is 4.90 Å². The van der Waals surface area contributed by atoms with Gasteiger partial charge in [0.2, 0.25) is 5.91 Å². The Kier molecular flexibility index (Phi) is 3.88. The van der Waals surface area contributed by atoms with E-state index in [1.807, 2.05) is 6.92 Å². The highest BCUT2D eigenvalue weighted by atomic mass is 35.7. The maximum absolute atomic E-state index is 12.5. The minimum Gasteiger partial charge on any atom is -0.311 e. The molecule has 0 fully saturated rings. The zero-order valence-corrected chi connectivity index (χ0v) is 13.6. The zero-order valence-electron chi connectivity index (χ0n) is 12.0. The monoisotopic (exact) mass is 329 g/mol. The van der Waals surface area contributed by atoms with Crippen molar-refractivity contribution in [1.82, 2.24) is 0 Å². The van der Waals surface area contributed by atoms with Crippen LogP contribution in [0.25, 0.3) is 0 Å². The summed E-state index contributed by atoms with van der Waals surface area (Å²) >= 11 is 0. The topological polar surface area (TPSA) is 71.5 Å². The summed E-state index contributed by atoms with van der Waals surface area (Å²) in [5.74, 6) is -0.639. The van der Waals surface area contributed by atoms with Crippen LogP contribution in [-0.4, -0.2) is 26.7 Å². The number of hydrogen-bond donors (Lipinski definition) is 0. The Bertz CT molecular complexity index is 724. The number of Topliss-reactive ketones (excluding diaryl/α,β-unsaturated/α-hetero) is 1. The summed E-state index contributed by atoms with van der Waals surface area (Å²) in [7, 11) is 1.42. The van der Waals surface area contributed by atoms with E-state index >= 15 is 0 Å². The van der Waals surface area contributed by atoms with E-state index in [-0.39, 0.29) is 16.6 Å². The van der Waals surface area contributed by atoms with Gasteiger partial charge in [-0.2, -0.15) is 0 Å². The second-order valence-electron chi connectivity index (χ2n) is 5.53. The predicted octanol–water partition coefficient (Wildman–Crippen LogP) is 2.58. The first-order valence-corrected chi connectivity index (χ1v) is 8.87. The molecule has 0 aliphatic carbocycles. The molecular formula is C14H16ClNO4S. The largest absolute Gasteiger partial charge is 0.311 e. The number of carbonyl (C=O) groups excluding carboxylic acids is 2. The predicted molar refractivity (Wildman–Crippen MR) is 80.2 cm³/mol. The molecule has 1 heterocycles. The lowest BCUT2D eigenvalue weighted by atomic mass is 9.79. The van der Waals surface area contributed by atoms with Crippen LogP contribution in [0.1, 0.15) is 37.6 Å². The molecule has 21 heavy (non-hydrogen) atoms. The number of nitrogens with zero attached hydrogens (tertiary/aromatic N) is 1. The Labute approximate surface area is 128 Å². The molecule has 0 bridgehead atoms. The van der Waals surface area contributed by atoms with Crippen molar-refractivity contribution in [2.24, 2.45) is 5.41 Å². The number of halogens is 1. The van der Waals surface area contributed by atoms with Gasteiger partial charge >= 0.3 is 0 Å². The molecule has 0 atom stereocenters. The van der Waals surface area contributed by atoms with Gasteiger partial charge in [0.25, 0.3) is 9.05 Å². The lowest BCUT2D eigenvalue weighted by molar-refractivity contribution is -0.124. The summed E-state index contributed by atoms with van der Waals surface area (Å²) in [6.07, 6.45) is 0.688. The van der Waals surface area contributed by atoms with Crippen LogP contribution in [0.3, 0.4) is 0 Å². The first-order valence-electron chi connectivity index (χ1n) is 6.56. The summed E-state index contributed by atoms with van der Waals surface area (Å²) in [6, 6.07) is 4.00. The lowest BCUT2D eigenvalue weighted by Gasteiger charge is -2.37. The summed E-state index contributed by atoms with van der Waals surface area (Å²) in [4.78, 5) is 26.3. The Morgan fingerprint density at radius 3 is 2.38 bits per heavy atom. The van der Waals surface area contributed by atoms with Gasteiger partial charge in [0.15, 0.2) is 5.78 Å². The molecule has 0 saturated carbocycles. The van der Waals surface area contributed by atoms with Crippen molar-refractivity contribution < 1.29 is 18.0 Å². The number of benzene rings is 1. The summed E-state index contributed by atoms with van der Waals surface area (Å²) in [5.41, 5.74) is -0.492. The average Bonchev–Trinajstić information content (AvgIpc) is 2.40. The molecule has 1 aliphatic heterocycles. The minimum atomic E-state index is -3.92. The first-order chi connectivity index (χ1) is 9.60.